The van der Waals surface area contributed by atoms with Gasteiger partial charge in [-0.05, 0) is 44.2 Å². The number of nitrogens with one attached hydrogen (secondary N) is 1. The Hall–Kier alpha value is -2.51. The van der Waals surface area contributed by atoms with Crippen LogP contribution in [0.2, 0.25) is 0 Å². The van der Waals surface area contributed by atoms with Crippen molar-refractivity contribution in [1.29, 1.82) is 0 Å². The van der Waals surface area contributed by atoms with Crippen molar-refractivity contribution < 1.29 is 17.6 Å². The third kappa shape index (κ3) is 5.48. The van der Waals surface area contributed by atoms with E-state index in [2.05, 4.69) is 11.3 Å². The molecule has 0 aliphatic heterocycles. The first-order valence-corrected chi connectivity index (χ1v) is 9.99. The van der Waals surface area contributed by atoms with E-state index in [1.54, 1.807) is 38.1 Å². The van der Waals surface area contributed by atoms with Crippen LogP contribution in [0, 0.1) is 5.82 Å². The standard InChI is InChI=1S/C20H23FN2O3S/c1-4-13-23(14-17-7-5-6-8-19(17)21)20(24)16-9-11-18(12-10-16)27(25,26)22-15(2)3/h4-12,15,22H,1,13-14H2,2-3H3. The molecule has 27 heavy (non-hydrogen) atoms. The minimum absolute atomic E-state index is 0.0807. The molecule has 0 saturated heterocycles. The van der Waals surface area contributed by atoms with Crippen molar-refractivity contribution in [2.24, 2.45) is 0 Å². The smallest absolute Gasteiger partial charge is 0.254 e. The zero-order valence-corrected chi connectivity index (χ0v) is 16.2. The fourth-order valence-corrected chi connectivity index (χ4v) is 3.80. The van der Waals surface area contributed by atoms with Crippen molar-refractivity contribution in [2.75, 3.05) is 6.54 Å². The first-order chi connectivity index (χ1) is 12.7. The van der Waals surface area contributed by atoms with Crippen molar-refractivity contribution in [2.45, 2.75) is 31.3 Å². The van der Waals surface area contributed by atoms with Gasteiger partial charge in [-0.25, -0.2) is 17.5 Å². The van der Waals surface area contributed by atoms with E-state index in [4.69, 9.17) is 0 Å². The summed E-state index contributed by atoms with van der Waals surface area (Å²) in [6, 6.07) is 11.7. The molecule has 1 N–H and O–H groups in total. The van der Waals surface area contributed by atoms with Crippen LogP contribution in [0.3, 0.4) is 0 Å². The summed E-state index contributed by atoms with van der Waals surface area (Å²) in [5.41, 5.74) is 0.713. The Morgan fingerprint density at radius 1 is 1.19 bits per heavy atom. The van der Waals surface area contributed by atoms with Gasteiger partial charge in [-0.1, -0.05) is 24.3 Å². The molecule has 0 spiro atoms. The van der Waals surface area contributed by atoms with Crippen molar-refractivity contribution in [3.63, 3.8) is 0 Å². The largest absolute Gasteiger partial charge is 0.331 e. The van der Waals surface area contributed by atoms with E-state index >= 15 is 0 Å². The SMILES string of the molecule is C=CCN(Cc1ccccc1F)C(=O)c1ccc(S(=O)(=O)NC(C)C)cc1. The van der Waals surface area contributed by atoms with E-state index in [9.17, 15) is 17.6 Å². The molecule has 0 atom stereocenters. The Bertz CT molecular complexity index is 909. The molecule has 0 aliphatic rings. The Balaban J connectivity index is 2.23. The van der Waals surface area contributed by atoms with Crippen molar-refractivity contribution >= 4 is 15.9 Å². The zero-order chi connectivity index (χ0) is 20.0. The molecule has 7 heteroatoms. The lowest BCUT2D eigenvalue weighted by atomic mass is 10.1. The minimum atomic E-state index is -3.63. The summed E-state index contributed by atoms with van der Waals surface area (Å²) in [7, 11) is -3.63. The minimum Gasteiger partial charge on any atom is -0.331 e. The molecule has 0 fully saturated rings. The van der Waals surface area contributed by atoms with Gasteiger partial charge in [0, 0.05) is 30.3 Å². The predicted molar refractivity (Wildman–Crippen MR) is 103 cm³/mol. The van der Waals surface area contributed by atoms with Gasteiger partial charge in [0.25, 0.3) is 5.91 Å². The van der Waals surface area contributed by atoms with Gasteiger partial charge >= 0.3 is 0 Å². The maximum atomic E-state index is 13.9. The predicted octanol–water partition coefficient (Wildman–Crippen LogP) is 3.34. The maximum absolute atomic E-state index is 13.9. The summed E-state index contributed by atoms with van der Waals surface area (Å²) < 4.78 is 40.7. The van der Waals surface area contributed by atoms with Gasteiger partial charge in [0.15, 0.2) is 0 Å². The average molecular weight is 390 g/mol. The van der Waals surface area contributed by atoms with Crippen LogP contribution in [-0.2, 0) is 16.6 Å². The Morgan fingerprint density at radius 3 is 2.37 bits per heavy atom. The molecule has 0 radical (unpaired) electrons. The second-order valence-corrected chi connectivity index (χ2v) is 8.08. The second-order valence-electron chi connectivity index (χ2n) is 6.37. The van der Waals surface area contributed by atoms with Crippen molar-refractivity contribution in [1.82, 2.24) is 9.62 Å². The van der Waals surface area contributed by atoms with Gasteiger partial charge < -0.3 is 4.90 Å². The zero-order valence-electron chi connectivity index (χ0n) is 15.4. The van der Waals surface area contributed by atoms with E-state index in [-0.39, 0.29) is 35.8 Å². The number of halogens is 1. The van der Waals surface area contributed by atoms with Gasteiger partial charge in [-0.15, -0.1) is 6.58 Å². The first-order valence-electron chi connectivity index (χ1n) is 8.50. The maximum Gasteiger partial charge on any atom is 0.254 e. The normalized spacial score (nSPS) is 11.4. The fourth-order valence-electron chi connectivity index (χ4n) is 2.54. The van der Waals surface area contributed by atoms with Crippen LogP contribution >= 0.6 is 0 Å². The molecule has 0 saturated carbocycles. The topological polar surface area (TPSA) is 66.5 Å². The Kier molecular flexibility index (Phi) is 6.87. The molecular weight excluding hydrogens is 367 g/mol. The number of carbonyl (C=O) groups excluding carboxylic acids is 1. The highest BCUT2D eigenvalue weighted by molar-refractivity contribution is 7.89. The molecule has 2 aromatic carbocycles. The molecular formula is C20H23FN2O3S. The highest BCUT2D eigenvalue weighted by atomic mass is 32.2. The molecule has 0 unspecified atom stereocenters. The Labute approximate surface area is 159 Å². The van der Waals surface area contributed by atoms with Crippen LogP contribution in [0.1, 0.15) is 29.8 Å². The van der Waals surface area contributed by atoms with Gasteiger partial charge in [-0.3, -0.25) is 4.79 Å². The number of carbonyl (C=O) groups is 1. The van der Waals surface area contributed by atoms with Crippen LogP contribution in [-0.4, -0.2) is 31.8 Å². The first kappa shape index (κ1) is 20.8. The lowest BCUT2D eigenvalue weighted by molar-refractivity contribution is 0.0761. The summed E-state index contributed by atoms with van der Waals surface area (Å²) >= 11 is 0. The number of benzene rings is 2. The van der Waals surface area contributed by atoms with E-state index < -0.39 is 10.0 Å². The highest BCUT2D eigenvalue weighted by Crippen LogP contribution is 2.16. The number of amides is 1. The summed E-state index contributed by atoms with van der Waals surface area (Å²) in [4.78, 5) is 14.3. The molecule has 2 rings (SSSR count). The molecule has 2 aromatic rings. The summed E-state index contributed by atoms with van der Waals surface area (Å²) in [6.07, 6.45) is 1.56. The molecule has 0 bridgehead atoms. The molecule has 0 aliphatic carbocycles. The molecule has 0 aromatic heterocycles. The molecule has 144 valence electrons. The van der Waals surface area contributed by atoms with Crippen LogP contribution < -0.4 is 4.72 Å². The number of sulfonamides is 1. The number of nitrogens with zero attached hydrogens (tertiary/aromatic N) is 1. The second kappa shape index (κ2) is 8.92. The summed E-state index contributed by atoms with van der Waals surface area (Å²) in [5, 5.41) is 0. The number of rotatable bonds is 8. The quantitative estimate of drug-likeness (QED) is 0.703. The van der Waals surface area contributed by atoms with Gasteiger partial charge in [-0.2, -0.15) is 0 Å². The monoisotopic (exact) mass is 390 g/mol. The van der Waals surface area contributed by atoms with Crippen LogP contribution in [0.25, 0.3) is 0 Å². The Morgan fingerprint density at radius 2 is 1.81 bits per heavy atom. The average Bonchev–Trinajstić information content (AvgIpc) is 2.61. The lowest BCUT2D eigenvalue weighted by Crippen LogP contribution is -2.31. The van der Waals surface area contributed by atoms with Crippen LogP contribution in [0.15, 0.2) is 66.1 Å². The highest BCUT2D eigenvalue weighted by Gasteiger charge is 2.19. The number of hydrogen-bond donors (Lipinski definition) is 1. The third-order valence-corrected chi connectivity index (χ3v) is 5.43. The fraction of sp³-hybridized carbons (Fsp3) is 0.250. The van der Waals surface area contributed by atoms with Crippen LogP contribution in [0.5, 0.6) is 0 Å². The van der Waals surface area contributed by atoms with E-state index in [0.29, 0.717) is 11.1 Å². The van der Waals surface area contributed by atoms with Crippen LogP contribution in [0.4, 0.5) is 4.39 Å². The number of hydrogen-bond acceptors (Lipinski definition) is 3. The molecule has 1 amide bonds. The van der Waals surface area contributed by atoms with Gasteiger partial charge in [0.1, 0.15) is 5.82 Å². The van der Waals surface area contributed by atoms with Gasteiger partial charge in [0.05, 0.1) is 4.90 Å². The molecule has 5 nitrogen and oxygen atoms in total. The van der Waals surface area contributed by atoms with E-state index in [1.807, 2.05) is 0 Å². The summed E-state index contributed by atoms with van der Waals surface area (Å²) in [5.74, 6) is -0.723. The third-order valence-electron chi connectivity index (χ3n) is 3.76. The van der Waals surface area contributed by atoms with Gasteiger partial charge in [0.2, 0.25) is 10.0 Å². The van der Waals surface area contributed by atoms with Crippen molar-refractivity contribution in [3.8, 4) is 0 Å². The van der Waals surface area contributed by atoms with Crippen molar-refractivity contribution in [3.05, 3.63) is 78.1 Å². The summed E-state index contributed by atoms with van der Waals surface area (Å²) in [6.45, 7) is 7.42. The van der Waals surface area contributed by atoms with E-state index in [0.717, 1.165) is 0 Å². The lowest BCUT2D eigenvalue weighted by Gasteiger charge is -2.22. The molecule has 0 heterocycles. The van der Waals surface area contributed by atoms with E-state index in [1.165, 1.54) is 35.2 Å².